The van der Waals surface area contributed by atoms with Gasteiger partial charge in [-0.3, -0.25) is 9.36 Å². The first-order valence-corrected chi connectivity index (χ1v) is 26.7. The molecule has 1 amide bonds. The molecule has 0 aromatic carbocycles. The Morgan fingerprint density at radius 1 is 0.545 bits per heavy atom. The van der Waals surface area contributed by atoms with E-state index in [9.17, 15) is 19.4 Å². The third kappa shape index (κ3) is 48.3. The highest BCUT2D eigenvalue weighted by atomic mass is 31.2. The lowest BCUT2D eigenvalue weighted by Gasteiger charge is -2.29. The van der Waals surface area contributed by atoms with Crippen molar-refractivity contribution in [3.63, 3.8) is 0 Å². The van der Waals surface area contributed by atoms with Crippen LogP contribution < -0.4 is 10.2 Å². The summed E-state index contributed by atoms with van der Waals surface area (Å²) >= 11 is 0. The Hall–Kier alpha value is -3.62. The molecule has 0 rings (SSSR count). The molecule has 0 radical (unpaired) electrons. The standard InChI is InChI=1S/C57H93N2O6P/c1-6-8-10-12-14-15-16-17-18-19-20-21-22-23-24-25-26-27-28-29-30-31-32-33-34-35-36-37-38-39-40-41-42-43-45-47-49-51-57(61)58-55(56(60)50-48-46-44-13-11-9-7-2)54-65-66(62,63)64-53-52-59(3,4)5/h8,10-11,13-15,17-18,20-21,23-24,26-27,29-30,32-33,35-36,38-39,48,50,55-56,60H,6-7,9,12,16,19,22,25,28,31,34,37,40-47,49,51-54H2,1-5H3,(H-,58,61,62,63)/b10-8-,13-11+,15-14-,18-17-,21-20-,24-23-,27-26-,30-29-,33-32-,36-35-,39-38-,50-48+. The van der Waals surface area contributed by atoms with E-state index in [1.54, 1.807) is 6.08 Å². The third-order valence-electron chi connectivity index (χ3n) is 10.0. The van der Waals surface area contributed by atoms with Crippen molar-refractivity contribution in [2.75, 3.05) is 40.9 Å². The number of phosphoric acid groups is 1. The number of phosphoric ester groups is 1. The molecule has 0 aliphatic carbocycles. The Balaban J connectivity index is 4.11. The first-order valence-electron chi connectivity index (χ1n) is 25.2. The van der Waals surface area contributed by atoms with Gasteiger partial charge in [0.25, 0.3) is 7.82 Å². The molecule has 0 fully saturated rings. The second-order valence-electron chi connectivity index (χ2n) is 17.4. The van der Waals surface area contributed by atoms with Crippen molar-refractivity contribution in [2.45, 2.75) is 167 Å². The van der Waals surface area contributed by atoms with E-state index in [-0.39, 0.29) is 12.5 Å². The van der Waals surface area contributed by atoms with Crippen LogP contribution in [0.25, 0.3) is 0 Å². The molecule has 0 bridgehead atoms. The monoisotopic (exact) mass is 933 g/mol. The van der Waals surface area contributed by atoms with Crippen LogP contribution in [0.5, 0.6) is 0 Å². The molecule has 8 nitrogen and oxygen atoms in total. The molecule has 0 aliphatic heterocycles. The highest BCUT2D eigenvalue weighted by Crippen LogP contribution is 2.38. The lowest BCUT2D eigenvalue weighted by Crippen LogP contribution is -2.45. The van der Waals surface area contributed by atoms with Crippen LogP contribution >= 0.6 is 7.82 Å². The van der Waals surface area contributed by atoms with Gasteiger partial charge in [0.2, 0.25) is 5.91 Å². The number of allylic oxidation sites excluding steroid dienone is 23. The number of hydrogen-bond donors (Lipinski definition) is 2. The molecule has 3 unspecified atom stereocenters. The molecule has 66 heavy (non-hydrogen) atoms. The van der Waals surface area contributed by atoms with Crippen molar-refractivity contribution in [2.24, 2.45) is 0 Å². The zero-order chi connectivity index (χ0) is 48.5. The van der Waals surface area contributed by atoms with Gasteiger partial charge in [0.15, 0.2) is 0 Å². The first-order chi connectivity index (χ1) is 32.0. The Kier molecular flexibility index (Phi) is 43.9. The number of quaternary nitrogens is 1. The van der Waals surface area contributed by atoms with E-state index in [4.69, 9.17) is 9.05 Å². The minimum absolute atomic E-state index is 0.0184. The summed E-state index contributed by atoms with van der Waals surface area (Å²) in [6, 6.07) is -0.919. The maximum atomic E-state index is 12.8. The van der Waals surface area contributed by atoms with Gasteiger partial charge in [0, 0.05) is 6.42 Å². The molecule has 0 aliphatic rings. The molecule has 9 heteroatoms. The van der Waals surface area contributed by atoms with Gasteiger partial charge in [0.1, 0.15) is 13.2 Å². The predicted molar refractivity (Wildman–Crippen MR) is 283 cm³/mol. The largest absolute Gasteiger partial charge is 0.756 e. The second-order valence-corrected chi connectivity index (χ2v) is 18.8. The molecule has 372 valence electrons. The highest BCUT2D eigenvalue weighted by molar-refractivity contribution is 7.45. The molecule has 0 saturated carbocycles. The highest BCUT2D eigenvalue weighted by Gasteiger charge is 2.23. The van der Waals surface area contributed by atoms with Crippen molar-refractivity contribution < 1.29 is 32.9 Å². The molecule has 0 aromatic rings. The van der Waals surface area contributed by atoms with Crippen LogP contribution in [0, 0.1) is 0 Å². The van der Waals surface area contributed by atoms with E-state index >= 15 is 0 Å². The van der Waals surface area contributed by atoms with Gasteiger partial charge in [-0.15, -0.1) is 0 Å². The van der Waals surface area contributed by atoms with Crippen LogP contribution in [0.4, 0.5) is 0 Å². The number of likely N-dealkylation sites (N-methyl/N-ethyl adjacent to an activating group) is 1. The number of aliphatic hydroxyl groups is 1. The molecule has 3 atom stereocenters. The van der Waals surface area contributed by atoms with Crippen molar-refractivity contribution in [1.82, 2.24) is 5.32 Å². The second kappa shape index (κ2) is 46.5. The van der Waals surface area contributed by atoms with Crippen molar-refractivity contribution in [1.29, 1.82) is 0 Å². The van der Waals surface area contributed by atoms with Crippen LogP contribution in [0.15, 0.2) is 146 Å². The molecule has 2 N–H and O–H groups in total. The van der Waals surface area contributed by atoms with Crippen LogP contribution in [0.2, 0.25) is 0 Å². The van der Waals surface area contributed by atoms with Gasteiger partial charge in [-0.05, 0) is 103 Å². The number of rotatable bonds is 43. The van der Waals surface area contributed by atoms with Crippen LogP contribution in [-0.4, -0.2) is 68.5 Å². The van der Waals surface area contributed by atoms with Gasteiger partial charge < -0.3 is 28.8 Å². The summed E-state index contributed by atoms with van der Waals surface area (Å²) in [6.45, 7) is 4.34. The van der Waals surface area contributed by atoms with E-state index in [2.05, 4.69) is 153 Å². The first kappa shape index (κ1) is 62.4. The maximum Gasteiger partial charge on any atom is 0.268 e. The van der Waals surface area contributed by atoms with Gasteiger partial charge in [0.05, 0.1) is 39.9 Å². The number of hydrogen-bond acceptors (Lipinski definition) is 6. The summed E-state index contributed by atoms with van der Waals surface area (Å²) in [5.41, 5.74) is 0. The fourth-order valence-electron chi connectivity index (χ4n) is 6.08. The topological polar surface area (TPSA) is 108 Å². The Labute approximate surface area is 404 Å². The zero-order valence-corrected chi connectivity index (χ0v) is 43.0. The molecule has 0 saturated heterocycles. The van der Waals surface area contributed by atoms with Gasteiger partial charge in [-0.2, -0.15) is 0 Å². The molecular formula is C57H93N2O6P. The van der Waals surface area contributed by atoms with E-state index in [1.807, 2.05) is 27.2 Å². The summed E-state index contributed by atoms with van der Waals surface area (Å²) in [7, 11) is 1.20. The van der Waals surface area contributed by atoms with Crippen LogP contribution in [0.3, 0.4) is 0 Å². The fraction of sp³-hybridized carbons (Fsp3) is 0.561. The van der Waals surface area contributed by atoms with Gasteiger partial charge in [-0.25, -0.2) is 0 Å². The normalized spacial score (nSPS) is 15.3. The van der Waals surface area contributed by atoms with Crippen LogP contribution in [0.1, 0.15) is 155 Å². The van der Waals surface area contributed by atoms with Gasteiger partial charge in [-0.1, -0.05) is 192 Å². The summed E-state index contributed by atoms with van der Waals surface area (Å²) < 4.78 is 23.1. The average molecular weight is 933 g/mol. The lowest BCUT2D eigenvalue weighted by molar-refractivity contribution is -0.870. The summed E-state index contributed by atoms with van der Waals surface area (Å²) in [5, 5.41) is 13.6. The fourth-order valence-corrected chi connectivity index (χ4v) is 6.81. The smallest absolute Gasteiger partial charge is 0.268 e. The number of aliphatic hydroxyl groups excluding tert-OH is 1. The Morgan fingerprint density at radius 3 is 1.39 bits per heavy atom. The molecule has 0 heterocycles. The van der Waals surface area contributed by atoms with E-state index in [0.29, 0.717) is 17.4 Å². The third-order valence-corrected chi connectivity index (χ3v) is 11.0. The van der Waals surface area contributed by atoms with E-state index in [1.165, 1.54) is 0 Å². The van der Waals surface area contributed by atoms with E-state index < -0.39 is 26.6 Å². The van der Waals surface area contributed by atoms with Crippen molar-refractivity contribution >= 4 is 13.7 Å². The summed E-state index contributed by atoms with van der Waals surface area (Å²) in [6.07, 6.45) is 72.4. The molecule has 0 spiro atoms. The number of nitrogens with zero attached hydrogens (tertiary/aromatic N) is 1. The average Bonchev–Trinajstić information content (AvgIpc) is 3.28. The Bertz CT molecular complexity index is 1570. The maximum absolute atomic E-state index is 12.8. The number of carbonyl (C=O) groups is 1. The molecule has 0 aromatic heterocycles. The summed E-state index contributed by atoms with van der Waals surface area (Å²) in [4.78, 5) is 25.2. The van der Waals surface area contributed by atoms with Crippen LogP contribution in [-0.2, 0) is 18.4 Å². The number of carbonyl (C=O) groups excluding carboxylic acids is 1. The van der Waals surface area contributed by atoms with Gasteiger partial charge >= 0.3 is 0 Å². The van der Waals surface area contributed by atoms with Crippen molar-refractivity contribution in [3.8, 4) is 0 Å². The predicted octanol–water partition coefficient (Wildman–Crippen LogP) is 14.3. The quantitative estimate of drug-likeness (QED) is 0.0273. The molecular weight excluding hydrogens is 840 g/mol. The SMILES string of the molecule is CC/C=C\C/C=C\C/C=C\C/C=C\C/C=C\C/C=C\C/C=C\C/C=C\C/C=C\C/C=C\CCCCCCCCC(=O)NC(COP(=O)([O-])OCC[N+](C)(C)C)C(O)/C=C/CC/C=C/CCC. The summed E-state index contributed by atoms with van der Waals surface area (Å²) in [5.74, 6) is -0.235. The van der Waals surface area contributed by atoms with Crippen molar-refractivity contribution in [3.05, 3.63) is 146 Å². The van der Waals surface area contributed by atoms with E-state index in [0.717, 1.165) is 135 Å². The number of nitrogens with one attached hydrogen (secondary N) is 1. The Morgan fingerprint density at radius 2 is 0.939 bits per heavy atom. The minimum Gasteiger partial charge on any atom is -0.756 e. The number of unbranched alkanes of at least 4 members (excludes halogenated alkanes) is 8. The number of amides is 1. The minimum atomic E-state index is -4.60. The zero-order valence-electron chi connectivity index (χ0n) is 42.1. The lowest BCUT2D eigenvalue weighted by atomic mass is 10.1.